The van der Waals surface area contributed by atoms with Crippen molar-refractivity contribution in [2.75, 3.05) is 10.0 Å². The summed E-state index contributed by atoms with van der Waals surface area (Å²) in [6.45, 7) is 3.47. The quantitative estimate of drug-likeness (QED) is 0.374. The number of hydrogen-bond donors (Lipinski definition) is 2. The molecular formula is C24H21ClN4O3S. The standard InChI is InChI=1S/C24H21ClN4O3S/c1-15-6-11-21-22(12-15)28-23(26-19-5-3-4-17(14-19)13-16(2)30)24(27-21)29-33(31,32)20-9-7-18(25)8-10-20/h3-12,14H,13H2,1-2H3,(H,26,28)(H,27,29). The molecule has 0 radical (unpaired) electrons. The van der Waals surface area contributed by atoms with E-state index in [2.05, 4.69) is 20.0 Å². The third kappa shape index (κ3) is 5.47. The molecule has 4 rings (SSSR count). The first-order valence-corrected chi connectivity index (χ1v) is 12.0. The predicted molar refractivity (Wildman–Crippen MR) is 131 cm³/mol. The number of Topliss-reactive ketones (excluding diaryl/α,β-unsaturated/α-hetero) is 1. The first-order valence-electron chi connectivity index (χ1n) is 10.1. The Kier molecular flexibility index (Phi) is 6.31. The van der Waals surface area contributed by atoms with Crippen molar-refractivity contribution in [3.8, 4) is 0 Å². The van der Waals surface area contributed by atoms with Gasteiger partial charge < -0.3 is 5.32 Å². The molecular weight excluding hydrogens is 460 g/mol. The molecule has 0 saturated carbocycles. The number of carbonyl (C=O) groups excluding carboxylic acids is 1. The van der Waals surface area contributed by atoms with E-state index in [0.717, 1.165) is 11.1 Å². The fourth-order valence-electron chi connectivity index (χ4n) is 3.31. The number of ketones is 1. The van der Waals surface area contributed by atoms with Crippen LogP contribution in [0, 0.1) is 6.92 Å². The summed E-state index contributed by atoms with van der Waals surface area (Å²) < 4.78 is 28.5. The Bertz CT molecular complexity index is 1450. The molecule has 0 aliphatic carbocycles. The second-order valence-electron chi connectivity index (χ2n) is 7.68. The van der Waals surface area contributed by atoms with Gasteiger partial charge in [-0.25, -0.2) is 18.4 Å². The van der Waals surface area contributed by atoms with Crippen molar-refractivity contribution in [1.29, 1.82) is 0 Å². The molecule has 33 heavy (non-hydrogen) atoms. The summed E-state index contributed by atoms with van der Waals surface area (Å²) in [4.78, 5) is 20.7. The lowest BCUT2D eigenvalue weighted by Crippen LogP contribution is -2.16. The zero-order chi connectivity index (χ0) is 23.6. The van der Waals surface area contributed by atoms with Crippen LogP contribution in [-0.4, -0.2) is 24.2 Å². The molecule has 0 bridgehead atoms. The molecule has 9 heteroatoms. The molecule has 168 valence electrons. The minimum Gasteiger partial charge on any atom is -0.337 e. The van der Waals surface area contributed by atoms with E-state index < -0.39 is 10.0 Å². The van der Waals surface area contributed by atoms with Crippen LogP contribution in [0.1, 0.15) is 18.1 Å². The smallest absolute Gasteiger partial charge is 0.263 e. The number of aryl methyl sites for hydroxylation is 1. The molecule has 0 amide bonds. The van der Waals surface area contributed by atoms with Gasteiger partial charge in [-0.2, -0.15) is 0 Å². The van der Waals surface area contributed by atoms with Gasteiger partial charge in [0, 0.05) is 17.1 Å². The number of fused-ring (bicyclic) bond motifs is 1. The maximum Gasteiger partial charge on any atom is 0.263 e. The van der Waals surface area contributed by atoms with Crippen LogP contribution < -0.4 is 10.0 Å². The number of nitrogens with one attached hydrogen (secondary N) is 2. The SMILES string of the molecule is CC(=O)Cc1cccc(Nc2nc3cc(C)ccc3nc2NS(=O)(=O)c2ccc(Cl)cc2)c1. The van der Waals surface area contributed by atoms with E-state index in [1.54, 1.807) is 6.07 Å². The van der Waals surface area contributed by atoms with Crippen molar-refractivity contribution < 1.29 is 13.2 Å². The topological polar surface area (TPSA) is 101 Å². The first kappa shape index (κ1) is 22.7. The molecule has 0 aliphatic rings. The third-order valence-corrected chi connectivity index (χ3v) is 6.42. The van der Waals surface area contributed by atoms with Crippen LogP contribution in [0.3, 0.4) is 0 Å². The maximum atomic E-state index is 13.0. The van der Waals surface area contributed by atoms with Crippen molar-refractivity contribution in [2.24, 2.45) is 0 Å². The lowest BCUT2D eigenvalue weighted by Gasteiger charge is -2.14. The molecule has 3 aromatic carbocycles. The zero-order valence-electron chi connectivity index (χ0n) is 18.0. The van der Waals surface area contributed by atoms with Gasteiger partial charge in [-0.3, -0.25) is 9.52 Å². The molecule has 0 unspecified atom stereocenters. The summed E-state index contributed by atoms with van der Waals surface area (Å²) in [5, 5.41) is 3.58. The van der Waals surface area contributed by atoms with Gasteiger partial charge in [-0.1, -0.05) is 29.8 Å². The van der Waals surface area contributed by atoms with Gasteiger partial charge in [0.2, 0.25) is 0 Å². The van der Waals surface area contributed by atoms with Crippen molar-refractivity contribution in [3.05, 3.63) is 82.9 Å². The van der Waals surface area contributed by atoms with Gasteiger partial charge in [-0.15, -0.1) is 0 Å². The van der Waals surface area contributed by atoms with Crippen LogP contribution in [0.25, 0.3) is 11.0 Å². The number of rotatable bonds is 7. The molecule has 0 atom stereocenters. The number of benzene rings is 3. The molecule has 0 fully saturated rings. The number of sulfonamides is 1. The number of nitrogens with zero attached hydrogens (tertiary/aromatic N) is 2. The molecule has 0 aliphatic heterocycles. The number of halogens is 1. The summed E-state index contributed by atoms with van der Waals surface area (Å²) in [5.41, 5.74) is 3.65. The van der Waals surface area contributed by atoms with E-state index in [1.807, 2.05) is 43.3 Å². The molecule has 1 heterocycles. The lowest BCUT2D eigenvalue weighted by molar-refractivity contribution is -0.116. The summed E-state index contributed by atoms with van der Waals surface area (Å²) >= 11 is 5.89. The predicted octanol–water partition coefficient (Wildman–Crippen LogP) is 5.27. The zero-order valence-corrected chi connectivity index (χ0v) is 19.5. The molecule has 7 nitrogen and oxygen atoms in total. The summed E-state index contributed by atoms with van der Waals surface area (Å²) in [6, 6.07) is 18.7. The number of anilines is 3. The average Bonchev–Trinajstić information content (AvgIpc) is 2.74. The highest BCUT2D eigenvalue weighted by Gasteiger charge is 2.19. The lowest BCUT2D eigenvalue weighted by atomic mass is 10.1. The van der Waals surface area contributed by atoms with E-state index in [-0.39, 0.29) is 22.3 Å². The van der Waals surface area contributed by atoms with E-state index in [4.69, 9.17) is 11.6 Å². The molecule has 0 saturated heterocycles. The second kappa shape index (κ2) is 9.17. The highest BCUT2D eigenvalue weighted by atomic mass is 35.5. The Balaban J connectivity index is 1.76. The minimum absolute atomic E-state index is 0.0459. The van der Waals surface area contributed by atoms with Gasteiger partial charge >= 0.3 is 0 Å². The average molecular weight is 481 g/mol. The Morgan fingerprint density at radius 3 is 2.39 bits per heavy atom. The molecule has 1 aromatic heterocycles. The Labute approximate surface area is 196 Å². The molecule has 0 spiro atoms. The number of hydrogen-bond acceptors (Lipinski definition) is 6. The summed E-state index contributed by atoms with van der Waals surface area (Å²) in [5.74, 6) is 0.341. The van der Waals surface area contributed by atoms with Crippen molar-refractivity contribution >= 4 is 55.8 Å². The van der Waals surface area contributed by atoms with Gasteiger partial charge in [0.1, 0.15) is 5.78 Å². The van der Waals surface area contributed by atoms with Gasteiger partial charge in [0.25, 0.3) is 10.0 Å². The van der Waals surface area contributed by atoms with E-state index >= 15 is 0 Å². The molecule has 4 aromatic rings. The highest BCUT2D eigenvalue weighted by Crippen LogP contribution is 2.28. The second-order valence-corrected chi connectivity index (χ2v) is 9.80. The number of carbonyl (C=O) groups is 1. The van der Waals surface area contributed by atoms with Crippen molar-refractivity contribution in [1.82, 2.24) is 9.97 Å². The van der Waals surface area contributed by atoms with Crippen LogP contribution in [0.15, 0.2) is 71.6 Å². The van der Waals surface area contributed by atoms with Gasteiger partial charge in [-0.05, 0) is 73.5 Å². The van der Waals surface area contributed by atoms with Crippen LogP contribution >= 0.6 is 11.6 Å². The molecule has 2 N–H and O–H groups in total. The van der Waals surface area contributed by atoms with Gasteiger partial charge in [0.15, 0.2) is 11.6 Å². The van der Waals surface area contributed by atoms with Crippen molar-refractivity contribution in [2.45, 2.75) is 25.2 Å². The summed E-state index contributed by atoms with van der Waals surface area (Å²) in [7, 11) is -3.94. The first-order chi connectivity index (χ1) is 15.7. The minimum atomic E-state index is -3.94. The van der Waals surface area contributed by atoms with Crippen LogP contribution in [0.2, 0.25) is 5.02 Å². The van der Waals surface area contributed by atoms with Crippen LogP contribution in [-0.2, 0) is 21.2 Å². The fourth-order valence-corrected chi connectivity index (χ4v) is 4.44. The largest absolute Gasteiger partial charge is 0.337 e. The summed E-state index contributed by atoms with van der Waals surface area (Å²) in [6.07, 6.45) is 0.300. The Morgan fingerprint density at radius 2 is 1.67 bits per heavy atom. The Morgan fingerprint density at radius 1 is 0.939 bits per heavy atom. The van der Waals surface area contributed by atoms with Crippen LogP contribution in [0.5, 0.6) is 0 Å². The van der Waals surface area contributed by atoms with E-state index in [0.29, 0.717) is 28.2 Å². The van der Waals surface area contributed by atoms with E-state index in [9.17, 15) is 13.2 Å². The monoisotopic (exact) mass is 480 g/mol. The fraction of sp³-hybridized carbons (Fsp3) is 0.125. The maximum absolute atomic E-state index is 13.0. The normalized spacial score (nSPS) is 11.4. The Hall–Kier alpha value is -3.49. The van der Waals surface area contributed by atoms with E-state index in [1.165, 1.54) is 31.2 Å². The number of aromatic nitrogens is 2. The van der Waals surface area contributed by atoms with Gasteiger partial charge in [0.05, 0.1) is 15.9 Å². The highest BCUT2D eigenvalue weighted by molar-refractivity contribution is 7.92. The van der Waals surface area contributed by atoms with Crippen molar-refractivity contribution in [3.63, 3.8) is 0 Å². The third-order valence-electron chi connectivity index (χ3n) is 4.82. The van der Waals surface area contributed by atoms with Crippen LogP contribution in [0.4, 0.5) is 17.3 Å².